The van der Waals surface area contributed by atoms with Gasteiger partial charge in [-0.3, -0.25) is 14.6 Å². The van der Waals surface area contributed by atoms with Crippen LogP contribution in [0, 0.1) is 23.1 Å². The first-order valence-electron chi connectivity index (χ1n) is 6.60. The topological polar surface area (TPSA) is 74.1 Å². The van der Waals surface area contributed by atoms with Crippen LogP contribution in [-0.2, 0) is 9.59 Å². The SMILES string of the molecule is N#C[C@H](C(=O)[C@H]1CC(=O)N(CC(F)(F)F)C1)c1ccc(F)cn1. The van der Waals surface area contributed by atoms with E-state index < -0.39 is 48.6 Å². The van der Waals surface area contributed by atoms with Crippen molar-refractivity contribution >= 4 is 11.7 Å². The molecule has 1 amide bonds. The monoisotopic (exact) mass is 329 g/mol. The minimum Gasteiger partial charge on any atom is -0.333 e. The number of hydrogen-bond donors (Lipinski definition) is 0. The van der Waals surface area contributed by atoms with Gasteiger partial charge in [-0.2, -0.15) is 18.4 Å². The lowest BCUT2D eigenvalue weighted by atomic mass is 9.90. The number of halogens is 4. The molecule has 2 atom stereocenters. The summed E-state index contributed by atoms with van der Waals surface area (Å²) >= 11 is 0. The lowest BCUT2D eigenvalue weighted by molar-refractivity contribution is -0.157. The number of rotatable bonds is 4. The van der Waals surface area contributed by atoms with Gasteiger partial charge in [0.2, 0.25) is 5.91 Å². The standard InChI is InChI=1S/C14H11F4N3O2/c15-9-1-2-11(20-5-9)10(4-19)13(23)8-3-12(22)21(6-8)7-14(16,17)18/h1-2,5,8,10H,3,6-7H2/t8-,10-/m0/s1. The summed E-state index contributed by atoms with van der Waals surface area (Å²) in [5.41, 5.74) is 0.000574. The molecule has 122 valence electrons. The van der Waals surface area contributed by atoms with Gasteiger partial charge in [0.1, 0.15) is 18.3 Å². The Labute approximate surface area is 128 Å². The predicted molar refractivity (Wildman–Crippen MR) is 68.3 cm³/mol. The van der Waals surface area contributed by atoms with Crippen molar-refractivity contribution in [2.45, 2.75) is 18.5 Å². The molecule has 5 nitrogen and oxygen atoms in total. The molecule has 2 rings (SSSR count). The molecule has 0 bridgehead atoms. The zero-order valence-electron chi connectivity index (χ0n) is 11.7. The summed E-state index contributed by atoms with van der Waals surface area (Å²) in [7, 11) is 0. The first-order valence-corrected chi connectivity index (χ1v) is 6.60. The van der Waals surface area contributed by atoms with Crippen LogP contribution >= 0.6 is 0 Å². The van der Waals surface area contributed by atoms with E-state index in [-0.39, 0.29) is 12.1 Å². The molecule has 0 unspecified atom stereocenters. The van der Waals surface area contributed by atoms with Crippen LogP contribution in [0.15, 0.2) is 18.3 Å². The molecule has 9 heteroatoms. The Morgan fingerprint density at radius 1 is 1.48 bits per heavy atom. The van der Waals surface area contributed by atoms with Crippen molar-refractivity contribution in [3.05, 3.63) is 29.8 Å². The van der Waals surface area contributed by atoms with Crippen LogP contribution in [-0.4, -0.2) is 40.8 Å². The zero-order chi connectivity index (χ0) is 17.2. The van der Waals surface area contributed by atoms with Crippen molar-refractivity contribution in [1.29, 1.82) is 5.26 Å². The summed E-state index contributed by atoms with van der Waals surface area (Å²) in [5, 5.41) is 9.11. The Kier molecular flexibility index (Phi) is 4.63. The maximum atomic E-state index is 12.8. The third-order valence-corrected chi connectivity index (χ3v) is 3.45. The Balaban J connectivity index is 2.12. The van der Waals surface area contributed by atoms with Gasteiger partial charge in [-0.05, 0) is 12.1 Å². The predicted octanol–water partition coefficient (Wildman–Crippen LogP) is 1.81. The van der Waals surface area contributed by atoms with Crippen LogP contribution in [0.3, 0.4) is 0 Å². The van der Waals surface area contributed by atoms with E-state index in [2.05, 4.69) is 4.98 Å². The van der Waals surface area contributed by atoms with E-state index >= 15 is 0 Å². The Morgan fingerprint density at radius 2 is 2.17 bits per heavy atom. The van der Waals surface area contributed by atoms with Gasteiger partial charge < -0.3 is 4.90 Å². The molecule has 1 aromatic rings. The van der Waals surface area contributed by atoms with Crippen LogP contribution in [0.1, 0.15) is 18.0 Å². The molecule has 0 N–H and O–H groups in total. The van der Waals surface area contributed by atoms with Gasteiger partial charge in [0.05, 0.1) is 18.0 Å². The average molecular weight is 329 g/mol. The Bertz CT molecular complexity index is 651. The van der Waals surface area contributed by atoms with Gasteiger partial charge in [0, 0.05) is 18.9 Å². The number of pyridine rings is 1. The van der Waals surface area contributed by atoms with E-state index in [0.717, 1.165) is 18.3 Å². The van der Waals surface area contributed by atoms with Crippen LogP contribution in [0.4, 0.5) is 17.6 Å². The van der Waals surface area contributed by atoms with Gasteiger partial charge in [-0.15, -0.1) is 0 Å². The van der Waals surface area contributed by atoms with E-state index in [9.17, 15) is 27.2 Å². The number of ketones is 1. The summed E-state index contributed by atoms with van der Waals surface area (Å²) in [5.74, 6) is -4.49. The van der Waals surface area contributed by atoms with Gasteiger partial charge >= 0.3 is 6.18 Å². The van der Waals surface area contributed by atoms with E-state index in [4.69, 9.17) is 5.26 Å². The molecule has 1 aliphatic rings. The normalized spacial score (nSPS) is 19.5. The molecule has 1 aromatic heterocycles. The number of nitrogens with zero attached hydrogens (tertiary/aromatic N) is 3. The number of alkyl halides is 3. The van der Waals surface area contributed by atoms with Gasteiger partial charge in [0.15, 0.2) is 5.78 Å². The van der Waals surface area contributed by atoms with Gasteiger partial charge in [-0.25, -0.2) is 4.39 Å². The van der Waals surface area contributed by atoms with E-state index in [0.29, 0.717) is 4.90 Å². The highest BCUT2D eigenvalue weighted by atomic mass is 19.4. The fraction of sp³-hybridized carbons (Fsp3) is 0.429. The first kappa shape index (κ1) is 16.9. The first-order chi connectivity index (χ1) is 10.7. The molecule has 23 heavy (non-hydrogen) atoms. The molecular formula is C14H11F4N3O2. The highest BCUT2D eigenvalue weighted by Gasteiger charge is 2.42. The molecule has 2 heterocycles. The van der Waals surface area contributed by atoms with Crippen LogP contribution < -0.4 is 0 Å². The van der Waals surface area contributed by atoms with Crippen LogP contribution in [0.25, 0.3) is 0 Å². The minimum atomic E-state index is -4.55. The molecule has 0 aromatic carbocycles. The van der Waals surface area contributed by atoms with Gasteiger partial charge in [-0.1, -0.05) is 0 Å². The Morgan fingerprint density at radius 3 is 2.70 bits per heavy atom. The van der Waals surface area contributed by atoms with Crippen LogP contribution in [0.5, 0.6) is 0 Å². The fourth-order valence-electron chi connectivity index (χ4n) is 2.40. The van der Waals surface area contributed by atoms with E-state index in [1.54, 1.807) is 6.07 Å². The second-order valence-corrected chi connectivity index (χ2v) is 5.16. The van der Waals surface area contributed by atoms with Crippen molar-refractivity contribution in [2.75, 3.05) is 13.1 Å². The molecule has 1 saturated heterocycles. The molecule has 1 fully saturated rings. The van der Waals surface area contributed by atoms with Crippen molar-refractivity contribution in [2.24, 2.45) is 5.92 Å². The number of Topliss-reactive ketones (excluding diaryl/α,β-unsaturated/α-hetero) is 1. The van der Waals surface area contributed by atoms with E-state index in [1.807, 2.05) is 0 Å². The molecular weight excluding hydrogens is 318 g/mol. The largest absolute Gasteiger partial charge is 0.406 e. The number of nitriles is 1. The quantitative estimate of drug-likeness (QED) is 0.790. The van der Waals surface area contributed by atoms with E-state index in [1.165, 1.54) is 0 Å². The number of amides is 1. The van der Waals surface area contributed by atoms with Crippen LogP contribution in [0.2, 0.25) is 0 Å². The van der Waals surface area contributed by atoms with Crippen molar-refractivity contribution in [3.63, 3.8) is 0 Å². The summed E-state index contributed by atoms with van der Waals surface area (Å²) in [6.45, 7) is -1.82. The number of likely N-dealkylation sites (tertiary alicyclic amines) is 1. The highest BCUT2D eigenvalue weighted by Crippen LogP contribution is 2.28. The molecule has 1 aliphatic heterocycles. The number of hydrogen-bond acceptors (Lipinski definition) is 4. The highest BCUT2D eigenvalue weighted by molar-refractivity contribution is 5.95. The zero-order valence-corrected chi connectivity index (χ0v) is 11.7. The maximum absolute atomic E-state index is 12.8. The summed E-state index contributed by atoms with van der Waals surface area (Å²) in [6.07, 6.45) is -4.10. The van der Waals surface area contributed by atoms with Crippen molar-refractivity contribution in [1.82, 2.24) is 9.88 Å². The number of carbonyl (C=O) groups excluding carboxylic acids is 2. The van der Waals surface area contributed by atoms with Gasteiger partial charge in [0.25, 0.3) is 0 Å². The third-order valence-electron chi connectivity index (χ3n) is 3.45. The second-order valence-electron chi connectivity index (χ2n) is 5.16. The fourth-order valence-corrected chi connectivity index (χ4v) is 2.40. The molecule has 0 saturated carbocycles. The number of aromatic nitrogens is 1. The lowest BCUT2D eigenvalue weighted by Gasteiger charge is -2.18. The summed E-state index contributed by atoms with van der Waals surface area (Å²) < 4.78 is 49.9. The lowest BCUT2D eigenvalue weighted by Crippen LogP contribution is -2.36. The molecule has 0 radical (unpaired) electrons. The minimum absolute atomic E-state index is 0.000574. The molecule has 0 spiro atoms. The molecule has 0 aliphatic carbocycles. The smallest absolute Gasteiger partial charge is 0.333 e. The maximum Gasteiger partial charge on any atom is 0.406 e. The van der Waals surface area contributed by atoms with Crippen molar-refractivity contribution < 1.29 is 27.2 Å². The van der Waals surface area contributed by atoms with Crippen molar-refractivity contribution in [3.8, 4) is 6.07 Å². The average Bonchev–Trinajstić information content (AvgIpc) is 2.81. The third kappa shape index (κ3) is 4.03. The summed E-state index contributed by atoms with van der Waals surface area (Å²) in [4.78, 5) is 28.1. The number of carbonyl (C=O) groups is 2. The summed E-state index contributed by atoms with van der Waals surface area (Å²) in [6, 6.07) is 3.89. The Hall–Kier alpha value is -2.50. The second kappa shape index (κ2) is 6.32.